The van der Waals surface area contributed by atoms with Crippen molar-refractivity contribution in [3.8, 4) is 11.5 Å². The van der Waals surface area contributed by atoms with Gasteiger partial charge in [-0.2, -0.15) is 0 Å². The second kappa shape index (κ2) is 9.35. The van der Waals surface area contributed by atoms with Gasteiger partial charge >= 0.3 is 0 Å². The quantitative estimate of drug-likeness (QED) is 0.703. The van der Waals surface area contributed by atoms with E-state index in [1.807, 2.05) is 0 Å². The first-order valence-electron chi connectivity index (χ1n) is 12.0. The molecule has 1 aromatic rings. The number of benzene rings is 1. The number of carbonyl (C=O) groups excluding carboxylic acids is 2. The summed E-state index contributed by atoms with van der Waals surface area (Å²) in [6, 6.07) is 4.52. The van der Waals surface area contributed by atoms with Crippen molar-refractivity contribution in [2.45, 2.75) is 44.2 Å². The number of aromatic hydroxyl groups is 1. The summed E-state index contributed by atoms with van der Waals surface area (Å²) >= 11 is 0. The Morgan fingerprint density at radius 2 is 1.91 bits per heavy atom. The lowest BCUT2D eigenvalue weighted by atomic mass is 9.77. The third kappa shape index (κ3) is 4.10. The standard InChI is InChI=1S/C25H32N2O6/c1-31-20-15-16(7-8-18(20)28)22-21-23(29)17-5-2-3-6-19(17)33-24(21)25(30)27(22)10-4-9-26-11-13-32-14-12-26/h7-8,15,17,19,22,28H,2-6,9-14H2,1H3. The zero-order valence-electron chi connectivity index (χ0n) is 19.1. The fourth-order valence-corrected chi connectivity index (χ4v) is 5.62. The minimum absolute atomic E-state index is 0.0252. The molecule has 4 aliphatic rings. The number of fused-ring (bicyclic) bond motifs is 1. The number of carbonyl (C=O) groups is 2. The second-order valence-electron chi connectivity index (χ2n) is 9.29. The number of Topliss-reactive ketones (excluding diaryl/α,β-unsaturated/α-hetero) is 1. The van der Waals surface area contributed by atoms with Crippen molar-refractivity contribution < 1.29 is 28.9 Å². The largest absolute Gasteiger partial charge is 0.504 e. The predicted molar refractivity (Wildman–Crippen MR) is 120 cm³/mol. The monoisotopic (exact) mass is 456 g/mol. The molecule has 0 aromatic heterocycles. The summed E-state index contributed by atoms with van der Waals surface area (Å²) < 4.78 is 17.0. The number of ketones is 1. The number of morpholine rings is 1. The molecule has 1 amide bonds. The molecule has 1 aromatic carbocycles. The lowest BCUT2D eigenvalue weighted by Crippen LogP contribution is -2.39. The molecule has 0 bridgehead atoms. The van der Waals surface area contributed by atoms with Crippen molar-refractivity contribution in [3.05, 3.63) is 35.1 Å². The van der Waals surface area contributed by atoms with Crippen molar-refractivity contribution >= 4 is 11.7 Å². The zero-order chi connectivity index (χ0) is 22.9. The summed E-state index contributed by atoms with van der Waals surface area (Å²) in [5, 5.41) is 10.1. The van der Waals surface area contributed by atoms with Crippen LogP contribution in [-0.4, -0.2) is 79.2 Å². The van der Waals surface area contributed by atoms with Gasteiger partial charge in [0.05, 0.1) is 37.9 Å². The van der Waals surface area contributed by atoms with Gasteiger partial charge in [-0.05, 0) is 43.4 Å². The fraction of sp³-hybridized carbons (Fsp3) is 0.600. The van der Waals surface area contributed by atoms with Crippen LogP contribution in [0.4, 0.5) is 0 Å². The van der Waals surface area contributed by atoms with Gasteiger partial charge in [-0.1, -0.05) is 12.5 Å². The van der Waals surface area contributed by atoms with E-state index in [1.54, 1.807) is 23.1 Å². The third-order valence-corrected chi connectivity index (χ3v) is 7.36. The Labute approximate surface area is 194 Å². The second-order valence-corrected chi connectivity index (χ2v) is 9.29. The first-order valence-corrected chi connectivity index (χ1v) is 12.0. The Bertz CT molecular complexity index is 954. The Kier molecular flexibility index (Phi) is 6.29. The first kappa shape index (κ1) is 22.2. The molecule has 33 heavy (non-hydrogen) atoms. The Balaban J connectivity index is 1.45. The van der Waals surface area contributed by atoms with E-state index in [1.165, 1.54) is 7.11 Å². The SMILES string of the molecule is COc1cc(C2C3=C(OC4CCCCC4C3=O)C(=O)N2CCCN2CCOCC2)ccc1O. The summed E-state index contributed by atoms with van der Waals surface area (Å²) in [5.74, 6) is 0.231. The third-order valence-electron chi connectivity index (χ3n) is 7.36. The molecule has 1 saturated heterocycles. The number of phenolic OH excluding ortho intramolecular Hbond substituents is 1. The molecular formula is C25H32N2O6. The summed E-state index contributed by atoms with van der Waals surface area (Å²) in [5.41, 5.74) is 1.22. The van der Waals surface area contributed by atoms with E-state index in [0.717, 1.165) is 70.5 Å². The fourth-order valence-electron chi connectivity index (χ4n) is 5.62. The minimum atomic E-state index is -0.526. The average molecular weight is 457 g/mol. The number of hydrogen-bond donors (Lipinski definition) is 1. The highest BCUT2D eigenvalue weighted by Crippen LogP contribution is 2.47. The van der Waals surface area contributed by atoms with Crippen LogP contribution in [0.25, 0.3) is 0 Å². The average Bonchev–Trinajstić information content (AvgIpc) is 3.12. The van der Waals surface area contributed by atoms with Crippen LogP contribution in [-0.2, 0) is 19.1 Å². The van der Waals surface area contributed by atoms with Gasteiger partial charge in [0.1, 0.15) is 6.10 Å². The van der Waals surface area contributed by atoms with E-state index in [4.69, 9.17) is 14.2 Å². The van der Waals surface area contributed by atoms with Gasteiger partial charge in [-0.3, -0.25) is 14.5 Å². The Morgan fingerprint density at radius 1 is 1.12 bits per heavy atom. The van der Waals surface area contributed by atoms with Crippen molar-refractivity contribution in [1.29, 1.82) is 0 Å². The van der Waals surface area contributed by atoms with Crippen LogP contribution in [0, 0.1) is 5.92 Å². The van der Waals surface area contributed by atoms with Crippen LogP contribution in [0.2, 0.25) is 0 Å². The molecule has 178 valence electrons. The molecule has 1 N–H and O–H groups in total. The van der Waals surface area contributed by atoms with E-state index in [-0.39, 0.29) is 35.2 Å². The molecule has 3 aliphatic heterocycles. The molecule has 8 nitrogen and oxygen atoms in total. The van der Waals surface area contributed by atoms with Crippen LogP contribution in [0.5, 0.6) is 11.5 Å². The summed E-state index contributed by atoms with van der Waals surface area (Å²) in [4.78, 5) is 31.3. The van der Waals surface area contributed by atoms with Crippen molar-refractivity contribution in [2.75, 3.05) is 46.5 Å². The molecule has 3 heterocycles. The highest BCUT2D eigenvalue weighted by molar-refractivity contribution is 6.11. The molecule has 0 radical (unpaired) electrons. The van der Waals surface area contributed by atoms with Crippen LogP contribution in [0.3, 0.4) is 0 Å². The number of nitrogens with zero attached hydrogens (tertiary/aromatic N) is 2. The van der Waals surface area contributed by atoms with Crippen molar-refractivity contribution in [1.82, 2.24) is 9.80 Å². The lowest BCUT2D eigenvalue weighted by molar-refractivity contribution is -0.135. The maximum atomic E-state index is 13.6. The van der Waals surface area contributed by atoms with E-state index in [2.05, 4.69) is 4.90 Å². The Morgan fingerprint density at radius 3 is 2.70 bits per heavy atom. The minimum Gasteiger partial charge on any atom is -0.504 e. The molecule has 0 spiro atoms. The first-order chi connectivity index (χ1) is 16.1. The molecule has 8 heteroatoms. The maximum Gasteiger partial charge on any atom is 0.290 e. The number of rotatable bonds is 6. The summed E-state index contributed by atoms with van der Waals surface area (Å²) in [7, 11) is 1.49. The summed E-state index contributed by atoms with van der Waals surface area (Å²) in [6.07, 6.45) is 4.24. The number of methoxy groups -OCH3 is 1. The van der Waals surface area contributed by atoms with E-state index in [9.17, 15) is 14.7 Å². The molecule has 2 fully saturated rings. The maximum absolute atomic E-state index is 13.6. The lowest BCUT2D eigenvalue weighted by Gasteiger charge is -2.35. The zero-order valence-corrected chi connectivity index (χ0v) is 19.1. The molecule has 1 aliphatic carbocycles. The topological polar surface area (TPSA) is 88.5 Å². The number of phenols is 1. The van der Waals surface area contributed by atoms with Gasteiger partial charge in [0.2, 0.25) is 0 Å². The van der Waals surface area contributed by atoms with Crippen LogP contribution in [0.15, 0.2) is 29.5 Å². The van der Waals surface area contributed by atoms with Gasteiger partial charge in [0, 0.05) is 26.2 Å². The van der Waals surface area contributed by atoms with Crippen molar-refractivity contribution in [2.24, 2.45) is 5.92 Å². The van der Waals surface area contributed by atoms with Gasteiger partial charge < -0.3 is 24.2 Å². The van der Waals surface area contributed by atoms with Gasteiger partial charge in [0.25, 0.3) is 5.91 Å². The van der Waals surface area contributed by atoms with E-state index in [0.29, 0.717) is 17.9 Å². The molecule has 5 rings (SSSR count). The molecular weight excluding hydrogens is 424 g/mol. The van der Waals surface area contributed by atoms with Crippen LogP contribution < -0.4 is 4.74 Å². The van der Waals surface area contributed by atoms with E-state index >= 15 is 0 Å². The Hall–Kier alpha value is -2.58. The molecule has 3 unspecified atom stereocenters. The smallest absolute Gasteiger partial charge is 0.290 e. The van der Waals surface area contributed by atoms with Gasteiger partial charge in [-0.15, -0.1) is 0 Å². The normalized spacial score (nSPS) is 27.9. The highest BCUT2D eigenvalue weighted by atomic mass is 16.5. The van der Waals surface area contributed by atoms with Gasteiger partial charge in [0.15, 0.2) is 23.0 Å². The summed E-state index contributed by atoms with van der Waals surface area (Å²) in [6.45, 7) is 4.64. The predicted octanol–water partition coefficient (Wildman–Crippen LogP) is 2.42. The van der Waals surface area contributed by atoms with E-state index < -0.39 is 6.04 Å². The van der Waals surface area contributed by atoms with Crippen LogP contribution in [0.1, 0.15) is 43.7 Å². The molecule has 3 atom stereocenters. The number of hydrogen-bond acceptors (Lipinski definition) is 7. The number of ether oxygens (including phenoxy) is 3. The van der Waals surface area contributed by atoms with Crippen molar-refractivity contribution in [3.63, 3.8) is 0 Å². The molecule has 1 saturated carbocycles. The number of amides is 1. The van der Waals surface area contributed by atoms with Gasteiger partial charge in [-0.25, -0.2) is 0 Å². The highest BCUT2D eigenvalue weighted by Gasteiger charge is 2.51. The van der Waals surface area contributed by atoms with Crippen LogP contribution >= 0.6 is 0 Å².